The van der Waals surface area contributed by atoms with Gasteiger partial charge in [-0.3, -0.25) is 25.2 Å². The van der Waals surface area contributed by atoms with Crippen molar-refractivity contribution in [2.24, 2.45) is 0 Å². The number of aromatic nitrogens is 2. The molecular formula is C23H26N4O4. The molecular weight excluding hydrogens is 396 g/mol. The van der Waals surface area contributed by atoms with Crippen molar-refractivity contribution in [3.63, 3.8) is 0 Å². The molecule has 0 unspecified atom stereocenters. The summed E-state index contributed by atoms with van der Waals surface area (Å²) in [6.45, 7) is 6.68. The summed E-state index contributed by atoms with van der Waals surface area (Å²) in [5.74, 6) is -1.06. The molecule has 0 radical (unpaired) electrons. The van der Waals surface area contributed by atoms with Crippen LogP contribution in [0.15, 0.2) is 53.3 Å². The highest BCUT2D eigenvalue weighted by molar-refractivity contribution is 6.06. The van der Waals surface area contributed by atoms with Gasteiger partial charge in [-0.05, 0) is 44.0 Å². The molecule has 0 aliphatic carbocycles. The number of nitrogens with zero attached hydrogens (tertiary/aromatic N) is 2. The average Bonchev–Trinajstić information content (AvgIpc) is 2.78. The van der Waals surface area contributed by atoms with Crippen molar-refractivity contribution in [2.75, 3.05) is 0 Å². The highest BCUT2D eigenvalue weighted by atomic mass is 16.5. The SMILES string of the molecule is CCCn1nc(C(=O)NNC(=O)c2ccc(COC(C)C)cc2)c2ccccc2c1=O. The topological polar surface area (TPSA) is 102 Å². The molecule has 2 amide bonds. The molecule has 0 spiro atoms. The van der Waals surface area contributed by atoms with Gasteiger partial charge in [-0.1, -0.05) is 37.3 Å². The van der Waals surface area contributed by atoms with E-state index in [2.05, 4.69) is 16.0 Å². The summed E-state index contributed by atoms with van der Waals surface area (Å²) in [5, 5.41) is 5.05. The summed E-state index contributed by atoms with van der Waals surface area (Å²) >= 11 is 0. The summed E-state index contributed by atoms with van der Waals surface area (Å²) in [7, 11) is 0. The Balaban J connectivity index is 1.73. The molecule has 2 N–H and O–H groups in total. The largest absolute Gasteiger partial charge is 0.374 e. The summed E-state index contributed by atoms with van der Waals surface area (Å²) < 4.78 is 6.81. The molecule has 0 atom stereocenters. The third-order valence-electron chi connectivity index (χ3n) is 4.61. The second-order valence-corrected chi connectivity index (χ2v) is 7.39. The zero-order valence-corrected chi connectivity index (χ0v) is 17.8. The predicted octanol–water partition coefficient (Wildman–Crippen LogP) is 2.81. The molecule has 0 fully saturated rings. The van der Waals surface area contributed by atoms with Gasteiger partial charge in [0.15, 0.2) is 5.69 Å². The van der Waals surface area contributed by atoms with Crippen molar-refractivity contribution in [3.8, 4) is 0 Å². The second kappa shape index (κ2) is 9.99. The van der Waals surface area contributed by atoms with Crippen LogP contribution in [-0.2, 0) is 17.9 Å². The fourth-order valence-electron chi connectivity index (χ4n) is 3.03. The van der Waals surface area contributed by atoms with Crippen LogP contribution >= 0.6 is 0 Å². The number of carbonyl (C=O) groups is 2. The number of aryl methyl sites for hydroxylation is 1. The Morgan fingerprint density at radius 3 is 2.29 bits per heavy atom. The smallest absolute Gasteiger partial charge is 0.290 e. The van der Waals surface area contributed by atoms with E-state index in [1.54, 1.807) is 48.5 Å². The van der Waals surface area contributed by atoms with Gasteiger partial charge in [0, 0.05) is 17.5 Å². The molecule has 3 rings (SSSR count). The molecule has 1 heterocycles. The maximum Gasteiger partial charge on any atom is 0.290 e. The summed E-state index contributed by atoms with van der Waals surface area (Å²) in [6, 6.07) is 13.7. The number of carbonyl (C=O) groups excluding carboxylic acids is 2. The Morgan fingerprint density at radius 2 is 1.65 bits per heavy atom. The zero-order valence-electron chi connectivity index (χ0n) is 17.8. The van der Waals surface area contributed by atoms with Gasteiger partial charge in [-0.15, -0.1) is 0 Å². The monoisotopic (exact) mass is 422 g/mol. The van der Waals surface area contributed by atoms with Gasteiger partial charge >= 0.3 is 0 Å². The average molecular weight is 422 g/mol. The predicted molar refractivity (Wildman–Crippen MR) is 118 cm³/mol. The molecule has 0 saturated carbocycles. The third-order valence-corrected chi connectivity index (χ3v) is 4.61. The van der Waals surface area contributed by atoms with Crippen LogP contribution in [0.1, 0.15) is 53.6 Å². The van der Waals surface area contributed by atoms with E-state index in [-0.39, 0.29) is 17.4 Å². The van der Waals surface area contributed by atoms with Crippen LogP contribution in [0.2, 0.25) is 0 Å². The summed E-state index contributed by atoms with van der Waals surface area (Å²) in [5.41, 5.74) is 5.95. The lowest BCUT2D eigenvalue weighted by Crippen LogP contribution is -2.42. The first-order chi connectivity index (χ1) is 14.9. The van der Waals surface area contributed by atoms with E-state index in [1.807, 2.05) is 20.8 Å². The van der Waals surface area contributed by atoms with Crippen molar-refractivity contribution in [1.29, 1.82) is 0 Å². The van der Waals surface area contributed by atoms with Crippen molar-refractivity contribution < 1.29 is 14.3 Å². The minimum atomic E-state index is -0.601. The minimum Gasteiger partial charge on any atom is -0.374 e. The van der Waals surface area contributed by atoms with Crippen LogP contribution in [-0.4, -0.2) is 27.7 Å². The number of hydrazine groups is 1. The van der Waals surface area contributed by atoms with E-state index >= 15 is 0 Å². The van der Waals surface area contributed by atoms with Gasteiger partial charge in [0.25, 0.3) is 17.4 Å². The molecule has 3 aromatic rings. The van der Waals surface area contributed by atoms with Crippen LogP contribution in [0, 0.1) is 0 Å². The van der Waals surface area contributed by atoms with Crippen molar-refractivity contribution >= 4 is 22.6 Å². The van der Waals surface area contributed by atoms with E-state index < -0.39 is 11.8 Å². The first kappa shape index (κ1) is 22.2. The molecule has 8 heteroatoms. The molecule has 1 aromatic heterocycles. The van der Waals surface area contributed by atoms with Crippen LogP contribution in [0.3, 0.4) is 0 Å². The van der Waals surface area contributed by atoms with E-state index in [1.165, 1.54) is 4.68 Å². The van der Waals surface area contributed by atoms with Gasteiger partial charge < -0.3 is 4.74 Å². The number of nitrogens with one attached hydrogen (secondary N) is 2. The molecule has 0 aliphatic heterocycles. The fourth-order valence-corrected chi connectivity index (χ4v) is 3.03. The van der Waals surface area contributed by atoms with E-state index in [0.29, 0.717) is 35.9 Å². The molecule has 8 nitrogen and oxygen atoms in total. The lowest BCUT2D eigenvalue weighted by molar-refractivity contribution is 0.0656. The summed E-state index contributed by atoms with van der Waals surface area (Å²) in [4.78, 5) is 37.7. The highest BCUT2D eigenvalue weighted by Crippen LogP contribution is 2.13. The zero-order chi connectivity index (χ0) is 22.4. The van der Waals surface area contributed by atoms with Gasteiger partial charge in [0.2, 0.25) is 0 Å². The van der Waals surface area contributed by atoms with Gasteiger partial charge in [0.05, 0.1) is 18.1 Å². The van der Waals surface area contributed by atoms with E-state index in [9.17, 15) is 14.4 Å². The van der Waals surface area contributed by atoms with Gasteiger partial charge in [0.1, 0.15) is 0 Å². The summed E-state index contributed by atoms with van der Waals surface area (Å²) in [6.07, 6.45) is 0.816. The molecule has 162 valence electrons. The molecule has 0 bridgehead atoms. The standard InChI is InChI=1S/C23H26N4O4/c1-4-13-27-23(30)19-8-6-5-7-18(19)20(26-27)22(29)25-24-21(28)17-11-9-16(10-12-17)14-31-15(2)3/h5-12,15H,4,13-14H2,1-3H3,(H,24,28)(H,25,29). The van der Waals surface area contributed by atoms with E-state index in [0.717, 1.165) is 5.56 Å². The lowest BCUT2D eigenvalue weighted by Gasteiger charge is -2.12. The number of amides is 2. The Hall–Kier alpha value is -3.52. The first-order valence-corrected chi connectivity index (χ1v) is 10.2. The Morgan fingerprint density at radius 1 is 1.00 bits per heavy atom. The van der Waals surface area contributed by atoms with Crippen molar-refractivity contribution in [2.45, 2.75) is 46.4 Å². The van der Waals surface area contributed by atoms with Gasteiger partial charge in [-0.2, -0.15) is 5.10 Å². The lowest BCUT2D eigenvalue weighted by atomic mass is 10.1. The molecule has 31 heavy (non-hydrogen) atoms. The van der Waals surface area contributed by atoms with Crippen LogP contribution < -0.4 is 16.4 Å². The highest BCUT2D eigenvalue weighted by Gasteiger charge is 2.17. The Bertz CT molecular complexity index is 1140. The van der Waals surface area contributed by atoms with Crippen LogP contribution in [0.4, 0.5) is 0 Å². The van der Waals surface area contributed by atoms with Crippen molar-refractivity contribution in [1.82, 2.24) is 20.6 Å². The maximum atomic E-state index is 12.7. The number of fused-ring (bicyclic) bond motifs is 1. The normalized spacial score (nSPS) is 11.0. The fraction of sp³-hybridized carbons (Fsp3) is 0.304. The quantitative estimate of drug-likeness (QED) is 0.570. The molecule has 2 aromatic carbocycles. The number of benzene rings is 2. The molecule has 0 saturated heterocycles. The number of hydrogen-bond donors (Lipinski definition) is 2. The van der Waals surface area contributed by atoms with Crippen LogP contribution in [0.25, 0.3) is 10.8 Å². The second-order valence-electron chi connectivity index (χ2n) is 7.39. The van der Waals surface area contributed by atoms with Crippen molar-refractivity contribution in [3.05, 3.63) is 75.7 Å². The first-order valence-electron chi connectivity index (χ1n) is 10.2. The number of rotatable bonds is 7. The number of ether oxygens (including phenoxy) is 1. The van der Waals surface area contributed by atoms with Crippen LogP contribution in [0.5, 0.6) is 0 Å². The van der Waals surface area contributed by atoms with Gasteiger partial charge in [-0.25, -0.2) is 4.68 Å². The third kappa shape index (κ3) is 5.35. The Kier molecular flexibility index (Phi) is 7.15. The Labute approximate surface area is 180 Å². The molecule has 0 aliphatic rings. The number of hydrogen-bond acceptors (Lipinski definition) is 5. The van der Waals surface area contributed by atoms with E-state index in [4.69, 9.17) is 4.74 Å². The minimum absolute atomic E-state index is 0.0742. The maximum absolute atomic E-state index is 12.7.